The van der Waals surface area contributed by atoms with Gasteiger partial charge in [0.25, 0.3) is 6.10 Å². The molecular weight excluding hydrogens is 439 g/mol. The second-order valence-electron chi connectivity index (χ2n) is 7.53. The van der Waals surface area contributed by atoms with E-state index in [0.717, 1.165) is 0 Å². The standard InChI is InChI=1S/C9H12F6O2.C8H13F3O2/c1-4-7(2,3)6(16)17-5(8(10,11)12)9(13,14)15;1-4-7(2,3)6(12)13-5-8(9,10)11/h5H,4H2,1-3H3;4-5H2,1-3H3. The summed E-state index contributed by atoms with van der Waals surface area (Å²) in [7, 11) is 0. The van der Waals surface area contributed by atoms with Crippen LogP contribution in [-0.2, 0) is 19.1 Å². The van der Waals surface area contributed by atoms with Crippen LogP contribution >= 0.6 is 0 Å². The van der Waals surface area contributed by atoms with Crippen molar-refractivity contribution >= 4 is 11.9 Å². The highest BCUT2D eigenvalue weighted by Gasteiger charge is 2.60. The molecule has 0 aliphatic carbocycles. The quantitative estimate of drug-likeness (QED) is 0.358. The maximum Gasteiger partial charge on any atom is 0.434 e. The highest BCUT2D eigenvalue weighted by molar-refractivity contribution is 5.76. The molecule has 0 aromatic carbocycles. The Morgan fingerprint density at radius 2 is 1.03 bits per heavy atom. The fourth-order valence-electron chi connectivity index (χ4n) is 1.22. The summed E-state index contributed by atoms with van der Waals surface area (Å²) < 4.78 is 115. The molecule has 13 heteroatoms. The molecular formula is C17H25F9O4. The van der Waals surface area contributed by atoms with Gasteiger partial charge in [-0.2, -0.15) is 39.5 Å². The molecule has 0 N–H and O–H groups in total. The predicted octanol–water partition coefficient (Wildman–Crippen LogP) is 5.99. The van der Waals surface area contributed by atoms with Gasteiger partial charge in [0.15, 0.2) is 6.61 Å². The van der Waals surface area contributed by atoms with Crippen molar-refractivity contribution in [2.75, 3.05) is 6.61 Å². The van der Waals surface area contributed by atoms with Gasteiger partial charge in [0.1, 0.15) is 0 Å². The van der Waals surface area contributed by atoms with Crippen molar-refractivity contribution in [3.63, 3.8) is 0 Å². The Bertz CT molecular complexity index is 547. The Kier molecular flexibility index (Phi) is 10.7. The molecule has 0 rings (SSSR count). The Labute approximate surface area is 168 Å². The van der Waals surface area contributed by atoms with E-state index in [-0.39, 0.29) is 6.42 Å². The SMILES string of the molecule is CCC(C)(C)C(=O)OC(C(F)(F)F)C(F)(F)F.CCC(C)(C)C(=O)OCC(F)(F)F. The normalized spacial score (nSPS) is 13.5. The average Bonchev–Trinajstić information content (AvgIpc) is 2.54. The summed E-state index contributed by atoms with van der Waals surface area (Å²) in [5.41, 5.74) is -2.24. The number of alkyl halides is 9. The van der Waals surface area contributed by atoms with Crippen molar-refractivity contribution in [3.05, 3.63) is 0 Å². The first-order valence-electron chi connectivity index (χ1n) is 8.59. The maximum atomic E-state index is 12.1. The second-order valence-corrected chi connectivity index (χ2v) is 7.53. The molecule has 0 aromatic rings. The first-order valence-corrected chi connectivity index (χ1v) is 8.59. The molecule has 0 bridgehead atoms. The van der Waals surface area contributed by atoms with E-state index in [1.807, 2.05) is 0 Å². The molecule has 0 amide bonds. The van der Waals surface area contributed by atoms with E-state index < -0.39 is 54.0 Å². The first-order chi connectivity index (χ1) is 13.0. The van der Waals surface area contributed by atoms with Gasteiger partial charge in [-0.3, -0.25) is 9.59 Å². The number of carbonyl (C=O) groups excluding carboxylic acids is 2. The molecule has 0 aliphatic heterocycles. The molecule has 30 heavy (non-hydrogen) atoms. The van der Waals surface area contributed by atoms with Gasteiger partial charge in [0.2, 0.25) is 0 Å². The van der Waals surface area contributed by atoms with Gasteiger partial charge in [-0.1, -0.05) is 13.8 Å². The van der Waals surface area contributed by atoms with Crippen molar-refractivity contribution in [1.29, 1.82) is 0 Å². The van der Waals surface area contributed by atoms with Crippen LogP contribution in [0.15, 0.2) is 0 Å². The Morgan fingerprint density at radius 1 is 0.700 bits per heavy atom. The fourth-order valence-corrected chi connectivity index (χ4v) is 1.22. The van der Waals surface area contributed by atoms with E-state index >= 15 is 0 Å². The number of halogens is 9. The largest absolute Gasteiger partial charge is 0.456 e. The first kappa shape index (κ1) is 30.5. The third-order valence-electron chi connectivity index (χ3n) is 4.06. The Morgan fingerprint density at radius 3 is 1.30 bits per heavy atom. The van der Waals surface area contributed by atoms with Gasteiger partial charge < -0.3 is 9.47 Å². The third kappa shape index (κ3) is 11.5. The topological polar surface area (TPSA) is 52.6 Å². The van der Waals surface area contributed by atoms with Crippen molar-refractivity contribution in [2.45, 2.75) is 79.0 Å². The summed E-state index contributed by atoms with van der Waals surface area (Å²) in [5.74, 6) is -2.34. The fraction of sp³-hybridized carbons (Fsp3) is 0.882. The maximum absolute atomic E-state index is 12.1. The summed E-state index contributed by atoms with van der Waals surface area (Å²) in [6.45, 7) is 7.18. The van der Waals surface area contributed by atoms with Crippen LogP contribution in [0, 0.1) is 10.8 Å². The smallest absolute Gasteiger partial charge is 0.434 e. The number of hydrogen-bond acceptors (Lipinski definition) is 4. The van der Waals surface area contributed by atoms with Crippen LogP contribution in [-0.4, -0.2) is 43.2 Å². The minimum Gasteiger partial charge on any atom is -0.456 e. The van der Waals surface area contributed by atoms with Gasteiger partial charge in [0, 0.05) is 0 Å². The zero-order chi connectivity index (χ0) is 24.8. The third-order valence-corrected chi connectivity index (χ3v) is 4.06. The minimum absolute atomic E-state index is 0.0638. The van der Waals surface area contributed by atoms with Crippen molar-refractivity contribution in [1.82, 2.24) is 0 Å². The highest BCUT2D eigenvalue weighted by atomic mass is 19.4. The number of esters is 2. The second kappa shape index (κ2) is 10.6. The lowest BCUT2D eigenvalue weighted by Gasteiger charge is -2.27. The van der Waals surface area contributed by atoms with Gasteiger partial charge in [-0.25, -0.2) is 0 Å². The minimum atomic E-state index is -5.67. The van der Waals surface area contributed by atoms with Gasteiger partial charge in [-0.05, 0) is 40.5 Å². The van der Waals surface area contributed by atoms with Crippen LogP contribution < -0.4 is 0 Å². The van der Waals surface area contributed by atoms with E-state index in [4.69, 9.17) is 0 Å². The zero-order valence-corrected chi connectivity index (χ0v) is 17.2. The molecule has 0 aliphatic rings. The molecule has 0 radical (unpaired) electrons. The number of rotatable bonds is 6. The lowest BCUT2D eigenvalue weighted by molar-refractivity contribution is -0.315. The molecule has 0 saturated heterocycles. The van der Waals surface area contributed by atoms with Crippen LogP contribution in [0.25, 0.3) is 0 Å². The Balaban J connectivity index is 0. The zero-order valence-electron chi connectivity index (χ0n) is 17.2. The Hall–Kier alpha value is -1.69. The van der Waals surface area contributed by atoms with E-state index in [9.17, 15) is 49.1 Å². The summed E-state index contributed by atoms with van der Waals surface area (Å²) in [4.78, 5) is 22.2. The average molecular weight is 464 g/mol. The number of carbonyl (C=O) groups is 2. The van der Waals surface area contributed by atoms with E-state index in [1.165, 1.54) is 20.8 Å². The molecule has 0 heterocycles. The van der Waals surface area contributed by atoms with E-state index in [1.54, 1.807) is 20.8 Å². The van der Waals surface area contributed by atoms with Crippen molar-refractivity contribution < 1.29 is 58.6 Å². The number of ether oxygens (including phenoxy) is 2. The molecule has 180 valence electrons. The highest BCUT2D eigenvalue weighted by Crippen LogP contribution is 2.37. The van der Waals surface area contributed by atoms with Gasteiger partial charge in [0.05, 0.1) is 10.8 Å². The van der Waals surface area contributed by atoms with E-state index in [0.29, 0.717) is 6.42 Å². The monoisotopic (exact) mass is 464 g/mol. The van der Waals surface area contributed by atoms with Crippen molar-refractivity contribution in [3.8, 4) is 0 Å². The van der Waals surface area contributed by atoms with Crippen LogP contribution in [0.1, 0.15) is 54.4 Å². The molecule has 0 spiro atoms. The molecule has 4 nitrogen and oxygen atoms in total. The van der Waals surface area contributed by atoms with Gasteiger partial charge >= 0.3 is 30.5 Å². The van der Waals surface area contributed by atoms with Crippen molar-refractivity contribution in [2.24, 2.45) is 10.8 Å². The van der Waals surface area contributed by atoms with Crippen LogP contribution in [0.5, 0.6) is 0 Å². The molecule has 0 aromatic heterocycles. The summed E-state index contributed by atoms with van der Waals surface area (Å²) in [6.07, 6.45) is -19.3. The molecule has 0 unspecified atom stereocenters. The van der Waals surface area contributed by atoms with Gasteiger partial charge in [-0.15, -0.1) is 0 Å². The summed E-state index contributed by atoms with van der Waals surface area (Å²) in [6, 6.07) is 0. The van der Waals surface area contributed by atoms with Crippen LogP contribution in [0.2, 0.25) is 0 Å². The van der Waals surface area contributed by atoms with Crippen LogP contribution in [0.4, 0.5) is 39.5 Å². The summed E-state index contributed by atoms with van der Waals surface area (Å²) in [5, 5.41) is 0. The molecule has 0 fully saturated rings. The number of hydrogen-bond donors (Lipinski definition) is 0. The summed E-state index contributed by atoms with van der Waals surface area (Å²) >= 11 is 0. The predicted molar refractivity (Wildman–Crippen MR) is 87.1 cm³/mol. The van der Waals surface area contributed by atoms with E-state index in [2.05, 4.69) is 9.47 Å². The molecule has 0 atom stereocenters. The lowest BCUT2D eigenvalue weighted by atomic mass is 9.90. The lowest BCUT2D eigenvalue weighted by Crippen LogP contribution is -2.47. The molecule has 0 saturated carbocycles. The van der Waals surface area contributed by atoms with Crippen LogP contribution in [0.3, 0.4) is 0 Å².